The summed E-state index contributed by atoms with van der Waals surface area (Å²) in [6, 6.07) is 21.6. The third-order valence-corrected chi connectivity index (χ3v) is 5.75. The van der Waals surface area contributed by atoms with Gasteiger partial charge in [-0.1, -0.05) is 18.2 Å². The van der Waals surface area contributed by atoms with Crippen LogP contribution in [0, 0.1) is 0 Å². The Balaban J connectivity index is 1.60. The number of carbonyl (C=O) groups excluding carboxylic acids is 1. The maximum atomic E-state index is 12.5. The minimum Gasteiger partial charge on any atom is -0.497 e. The van der Waals surface area contributed by atoms with Gasteiger partial charge in [-0.3, -0.25) is 9.52 Å². The van der Waals surface area contributed by atoms with Gasteiger partial charge in [0.05, 0.1) is 12.0 Å². The molecule has 3 rings (SSSR count). The highest BCUT2D eigenvalue weighted by Crippen LogP contribution is 2.21. The Bertz CT molecular complexity index is 1080. The van der Waals surface area contributed by atoms with Gasteiger partial charge in [0.15, 0.2) is 6.61 Å². The first-order valence-electron chi connectivity index (χ1n) is 9.10. The summed E-state index contributed by atoms with van der Waals surface area (Å²) < 4.78 is 38.1. The third kappa shape index (κ3) is 5.30. The monoisotopic (exact) mass is 426 g/mol. The molecule has 0 radical (unpaired) electrons. The van der Waals surface area contributed by atoms with E-state index >= 15 is 0 Å². The highest BCUT2D eigenvalue weighted by Gasteiger charge is 2.15. The molecule has 0 heterocycles. The minimum atomic E-state index is -3.75. The summed E-state index contributed by atoms with van der Waals surface area (Å²) in [5.74, 6) is 0.805. The number of benzene rings is 3. The first-order chi connectivity index (χ1) is 14.4. The summed E-state index contributed by atoms with van der Waals surface area (Å²) >= 11 is 0. The lowest BCUT2D eigenvalue weighted by atomic mass is 10.3. The predicted molar refractivity (Wildman–Crippen MR) is 116 cm³/mol. The van der Waals surface area contributed by atoms with Gasteiger partial charge >= 0.3 is 0 Å². The van der Waals surface area contributed by atoms with Crippen LogP contribution in [0.15, 0.2) is 83.8 Å². The zero-order chi connectivity index (χ0) is 21.6. The van der Waals surface area contributed by atoms with Gasteiger partial charge in [-0.15, -0.1) is 0 Å². The molecule has 3 aromatic rings. The van der Waals surface area contributed by atoms with Crippen molar-refractivity contribution in [1.29, 1.82) is 0 Å². The molecule has 0 saturated carbocycles. The van der Waals surface area contributed by atoms with E-state index in [-0.39, 0.29) is 17.4 Å². The fourth-order valence-electron chi connectivity index (χ4n) is 2.63. The van der Waals surface area contributed by atoms with Crippen LogP contribution in [0.5, 0.6) is 11.5 Å². The molecule has 0 spiro atoms. The van der Waals surface area contributed by atoms with Crippen LogP contribution in [0.2, 0.25) is 0 Å². The number of nitrogens with zero attached hydrogens (tertiary/aromatic N) is 1. The molecule has 0 atom stereocenters. The van der Waals surface area contributed by atoms with Crippen molar-refractivity contribution in [2.45, 2.75) is 4.90 Å². The van der Waals surface area contributed by atoms with Crippen LogP contribution < -0.4 is 19.1 Å². The van der Waals surface area contributed by atoms with E-state index in [2.05, 4.69) is 4.72 Å². The summed E-state index contributed by atoms with van der Waals surface area (Å²) in [7, 11) is -0.546. The van der Waals surface area contributed by atoms with Crippen LogP contribution in [-0.4, -0.2) is 35.1 Å². The quantitative estimate of drug-likeness (QED) is 0.596. The van der Waals surface area contributed by atoms with E-state index in [4.69, 9.17) is 9.47 Å². The van der Waals surface area contributed by atoms with Gasteiger partial charge in [-0.25, -0.2) is 8.42 Å². The number of ether oxygens (including phenoxy) is 2. The second-order valence-corrected chi connectivity index (χ2v) is 8.06. The molecule has 156 valence electrons. The van der Waals surface area contributed by atoms with Crippen LogP contribution >= 0.6 is 0 Å². The van der Waals surface area contributed by atoms with Crippen LogP contribution in [0.25, 0.3) is 0 Å². The molecule has 0 unspecified atom stereocenters. The maximum Gasteiger partial charge on any atom is 0.264 e. The Kier molecular flexibility index (Phi) is 6.58. The molecule has 8 heteroatoms. The molecular weight excluding hydrogens is 404 g/mol. The molecule has 7 nitrogen and oxygen atoms in total. The Hall–Kier alpha value is -3.52. The second-order valence-electron chi connectivity index (χ2n) is 6.38. The molecule has 3 aromatic carbocycles. The molecule has 30 heavy (non-hydrogen) atoms. The Morgan fingerprint density at radius 2 is 1.50 bits per heavy atom. The normalized spacial score (nSPS) is 10.9. The van der Waals surface area contributed by atoms with Gasteiger partial charge in [0.25, 0.3) is 15.9 Å². The fourth-order valence-corrected chi connectivity index (χ4v) is 3.68. The van der Waals surface area contributed by atoms with E-state index in [9.17, 15) is 13.2 Å². The molecule has 0 aliphatic carbocycles. The summed E-state index contributed by atoms with van der Waals surface area (Å²) in [5, 5.41) is 0. The Morgan fingerprint density at radius 1 is 0.900 bits per heavy atom. The van der Waals surface area contributed by atoms with E-state index in [1.807, 2.05) is 30.3 Å². The maximum absolute atomic E-state index is 12.5. The van der Waals surface area contributed by atoms with Gasteiger partial charge in [0, 0.05) is 18.4 Å². The summed E-state index contributed by atoms with van der Waals surface area (Å²) in [6.45, 7) is -0.165. The molecular formula is C22H22N2O5S. The number of hydrogen-bond donors (Lipinski definition) is 1. The number of para-hydroxylation sites is 1. The number of sulfonamides is 1. The molecule has 1 amide bonds. The van der Waals surface area contributed by atoms with E-state index < -0.39 is 10.0 Å². The molecule has 1 N–H and O–H groups in total. The van der Waals surface area contributed by atoms with Crippen molar-refractivity contribution < 1.29 is 22.7 Å². The van der Waals surface area contributed by atoms with Crippen molar-refractivity contribution in [2.24, 2.45) is 0 Å². The molecule has 0 bridgehead atoms. The van der Waals surface area contributed by atoms with Crippen LogP contribution in [-0.2, 0) is 14.8 Å². The standard InChI is InChI=1S/C22H22N2O5S/c1-24(18-6-4-3-5-7-18)22(25)16-29-20-12-14-21(15-13-20)30(26,27)23-17-8-10-19(28-2)11-9-17/h3-15,23H,16H2,1-2H3. The number of anilines is 2. The first kappa shape index (κ1) is 21.2. The molecule has 0 aliphatic rings. The smallest absolute Gasteiger partial charge is 0.264 e. The van der Waals surface area contributed by atoms with Crippen molar-refractivity contribution >= 4 is 27.3 Å². The van der Waals surface area contributed by atoms with E-state index in [0.717, 1.165) is 5.69 Å². The fraction of sp³-hybridized carbons (Fsp3) is 0.136. The van der Waals surface area contributed by atoms with Gasteiger partial charge in [0.1, 0.15) is 11.5 Å². The number of hydrogen-bond acceptors (Lipinski definition) is 5. The lowest BCUT2D eigenvalue weighted by molar-refractivity contribution is -0.120. The topological polar surface area (TPSA) is 84.9 Å². The van der Waals surface area contributed by atoms with Crippen LogP contribution in [0.3, 0.4) is 0 Å². The Morgan fingerprint density at radius 3 is 2.10 bits per heavy atom. The minimum absolute atomic E-state index is 0.0819. The van der Waals surface area contributed by atoms with Gasteiger partial charge < -0.3 is 14.4 Å². The number of methoxy groups -OCH3 is 1. The predicted octanol–water partition coefficient (Wildman–Crippen LogP) is 3.54. The number of amides is 1. The number of carbonyl (C=O) groups is 1. The third-order valence-electron chi connectivity index (χ3n) is 4.36. The van der Waals surface area contributed by atoms with E-state index in [0.29, 0.717) is 17.2 Å². The van der Waals surface area contributed by atoms with Crippen molar-refractivity contribution in [2.75, 3.05) is 30.4 Å². The van der Waals surface area contributed by atoms with Crippen LogP contribution in [0.1, 0.15) is 0 Å². The highest BCUT2D eigenvalue weighted by atomic mass is 32.2. The number of likely N-dealkylation sites (N-methyl/N-ethyl adjacent to an activating group) is 1. The molecule has 0 aromatic heterocycles. The molecule has 0 fully saturated rings. The number of nitrogens with one attached hydrogen (secondary N) is 1. The summed E-state index contributed by atoms with van der Waals surface area (Å²) in [4.78, 5) is 13.9. The Labute approximate surface area is 175 Å². The SMILES string of the molecule is COc1ccc(NS(=O)(=O)c2ccc(OCC(=O)N(C)c3ccccc3)cc2)cc1. The van der Waals surface area contributed by atoms with E-state index in [1.54, 1.807) is 31.3 Å². The zero-order valence-electron chi connectivity index (χ0n) is 16.6. The second kappa shape index (κ2) is 9.32. The lowest BCUT2D eigenvalue weighted by Crippen LogP contribution is -2.31. The van der Waals surface area contributed by atoms with Crippen molar-refractivity contribution in [3.8, 4) is 11.5 Å². The van der Waals surface area contributed by atoms with Gasteiger partial charge in [-0.2, -0.15) is 0 Å². The van der Waals surface area contributed by atoms with E-state index in [1.165, 1.54) is 36.3 Å². The number of rotatable bonds is 8. The molecule has 0 aliphatic heterocycles. The van der Waals surface area contributed by atoms with Crippen molar-refractivity contribution in [3.63, 3.8) is 0 Å². The van der Waals surface area contributed by atoms with Crippen molar-refractivity contribution in [1.82, 2.24) is 0 Å². The first-order valence-corrected chi connectivity index (χ1v) is 10.6. The average molecular weight is 426 g/mol. The summed E-state index contributed by atoms with van der Waals surface area (Å²) in [6.07, 6.45) is 0. The van der Waals surface area contributed by atoms with Gasteiger partial charge in [-0.05, 0) is 60.7 Å². The van der Waals surface area contributed by atoms with Gasteiger partial charge in [0.2, 0.25) is 0 Å². The average Bonchev–Trinajstić information content (AvgIpc) is 2.78. The zero-order valence-corrected chi connectivity index (χ0v) is 17.4. The highest BCUT2D eigenvalue weighted by molar-refractivity contribution is 7.92. The largest absolute Gasteiger partial charge is 0.497 e. The molecule has 0 saturated heterocycles. The lowest BCUT2D eigenvalue weighted by Gasteiger charge is -2.17. The van der Waals surface area contributed by atoms with Crippen molar-refractivity contribution in [3.05, 3.63) is 78.9 Å². The van der Waals surface area contributed by atoms with Crippen LogP contribution in [0.4, 0.5) is 11.4 Å². The summed E-state index contributed by atoms with van der Waals surface area (Å²) in [5.41, 5.74) is 1.18.